The van der Waals surface area contributed by atoms with Gasteiger partial charge < -0.3 is 0 Å². The highest BCUT2D eigenvalue weighted by molar-refractivity contribution is 5.55. The van der Waals surface area contributed by atoms with Gasteiger partial charge in [0, 0.05) is 49.1 Å². The molecule has 0 amide bonds. The molecule has 1 aliphatic carbocycles. The molecule has 1 unspecified atom stereocenters. The van der Waals surface area contributed by atoms with Gasteiger partial charge in [0.2, 0.25) is 0 Å². The molecule has 2 aromatic heterocycles. The number of hydrogen-bond acceptors (Lipinski definition) is 4. The molecule has 138 valence electrons. The van der Waals surface area contributed by atoms with Crippen LogP contribution in [0.1, 0.15) is 36.1 Å². The van der Waals surface area contributed by atoms with Crippen molar-refractivity contribution in [2.45, 2.75) is 37.6 Å². The Kier molecular flexibility index (Phi) is 4.05. The Morgan fingerprint density at radius 2 is 2.00 bits per heavy atom. The Morgan fingerprint density at radius 3 is 2.81 bits per heavy atom. The van der Waals surface area contributed by atoms with Crippen molar-refractivity contribution in [3.05, 3.63) is 65.7 Å². The lowest BCUT2D eigenvalue weighted by atomic mass is 9.77. The lowest BCUT2D eigenvalue weighted by Gasteiger charge is -2.40. The van der Waals surface area contributed by atoms with Gasteiger partial charge in [0.25, 0.3) is 0 Å². The molecule has 5 heteroatoms. The number of aryl methyl sites for hydroxylation is 2. The molecule has 5 nitrogen and oxygen atoms in total. The van der Waals surface area contributed by atoms with Crippen LogP contribution in [0.2, 0.25) is 0 Å². The predicted molar refractivity (Wildman–Crippen MR) is 105 cm³/mol. The average molecular weight is 359 g/mol. The number of rotatable bonds is 3. The molecular formula is C22H25N5. The minimum atomic E-state index is 0.183. The Labute approximate surface area is 160 Å². The summed E-state index contributed by atoms with van der Waals surface area (Å²) < 4.78 is 1.89. The van der Waals surface area contributed by atoms with Crippen molar-refractivity contribution in [3.8, 4) is 11.4 Å². The summed E-state index contributed by atoms with van der Waals surface area (Å²) >= 11 is 0. The predicted octanol–water partition coefficient (Wildman–Crippen LogP) is 3.36. The standard InChI is InChI=1S/C22H25N5/c1-26-14-17(12-24-26)15-27-11-5-9-22(16-27)10-8-19-13-23-21(25-20(19)22)18-6-3-2-4-7-18/h2-4,6-7,12-14H,5,8-11,15-16H2,1H3. The molecule has 1 spiro atoms. The number of nitrogens with zero attached hydrogens (tertiary/aromatic N) is 5. The summed E-state index contributed by atoms with van der Waals surface area (Å²) in [5, 5.41) is 4.32. The zero-order valence-electron chi connectivity index (χ0n) is 15.8. The summed E-state index contributed by atoms with van der Waals surface area (Å²) in [6, 6.07) is 10.3. The molecule has 1 aromatic carbocycles. The summed E-state index contributed by atoms with van der Waals surface area (Å²) in [6.07, 6.45) is 10.9. The van der Waals surface area contributed by atoms with Gasteiger partial charge in [-0.05, 0) is 37.8 Å². The van der Waals surface area contributed by atoms with E-state index in [9.17, 15) is 0 Å². The van der Waals surface area contributed by atoms with E-state index in [4.69, 9.17) is 4.98 Å². The number of piperidine rings is 1. The van der Waals surface area contributed by atoms with Gasteiger partial charge in [-0.1, -0.05) is 30.3 Å². The normalized spacial score (nSPS) is 22.3. The van der Waals surface area contributed by atoms with Crippen LogP contribution in [0.3, 0.4) is 0 Å². The first-order chi connectivity index (χ1) is 13.2. The van der Waals surface area contributed by atoms with E-state index < -0.39 is 0 Å². The van der Waals surface area contributed by atoms with Crippen LogP contribution in [0.5, 0.6) is 0 Å². The van der Waals surface area contributed by atoms with E-state index in [-0.39, 0.29) is 5.41 Å². The molecule has 3 aromatic rings. The van der Waals surface area contributed by atoms with E-state index in [2.05, 4.69) is 51.6 Å². The molecule has 1 atom stereocenters. The highest BCUT2D eigenvalue weighted by atomic mass is 15.2. The largest absolute Gasteiger partial charge is 0.298 e. The van der Waals surface area contributed by atoms with Crippen LogP contribution < -0.4 is 0 Å². The van der Waals surface area contributed by atoms with Gasteiger partial charge in [0.15, 0.2) is 5.82 Å². The average Bonchev–Trinajstić information content (AvgIpc) is 3.26. The monoisotopic (exact) mass is 359 g/mol. The molecule has 3 heterocycles. The van der Waals surface area contributed by atoms with E-state index in [1.807, 2.05) is 24.0 Å². The lowest BCUT2D eigenvalue weighted by molar-refractivity contribution is 0.137. The molecule has 27 heavy (non-hydrogen) atoms. The lowest BCUT2D eigenvalue weighted by Crippen LogP contribution is -2.45. The van der Waals surface area contributed by atoms with Gasteiger partial charge in [-0.2, -0.15) is 5.10 Å². The number of benzene rings is 1. The third-order valence-electron chi connectivity index (χ3n) is 6.09. The fourth-order valence-electron chi connectivity index (χ4n) is 4.84. The van der Waals surface area contributed by atoms with E-state index in [0.717, 1.165) is 37.4 Å². The molecule has 1 saturated heterocycles. The van der Waals surface area contributed by atoms with E-state index >= 15 is 0 Å². The van der Waals surface area contributed by atoms with Gasteiger partial charge in [-0.3, -0.25) is 9.58 Å². The van der Waals surface area contributed by atoms with E-state index in [0.29, 0.717) is 0 Å². The first kappa shape index (κ1) is 16.6. The quantitative estimate of drug-likeness (QED) is 0.719. The summed E-state index contributed by atoms with van der Waals surface area (Å²) in [6.45, 7) is 3.21. The third kappa shape index (κ3) is 3.06. The molecule has 2 aliphatic rings. The maximum absolute atomic E-state index is 5.09. The Balaban J connectivity index is 1.44. The second-order valence-electron chi connectivity index (χ2n) is 8.05. The zero-order chi connectivity index (χ0) is 18.3. The summed E-state index contributed by atoms with van der Waals surface area (Å²) in [7, 11) is 1.98. The number of fused-ring (bicyclic) bond motifs is 2. The molecule has 5 rings (SSSR count). The Hall–Kier alpha value is -2.53. The molecule has 0 radical (unpaired) electrons. The van der Waals surface area contributed by atoms with Crippen molar-refractivity contribution in [1.29, 1.82) is 0 Å². The van der Waals surface area contributed by atoms with Crippen LogP contribution in [0, 0.1) is 0 Å². The van der Waals surface area contributed by atoms with Crippen molar-refractivity contribution in [2.75, 3.05) is 13.1 Å². The fourth-order valence-corrected chi connectivity index (χ4v) is 4.84. The van der Waals surface area contributed by atoms with Crippen molar-refractivity contribution in [3.63, 3.8) is 0 Å². The molecule has 0 N–H and O–H groups in total. The maximum Gasteiger partial charge on any atom is 0.159 e. The van der Waals surface area contributed by atoms with E-state index in [1.54, 1.807) is 0 Å². The highest BCUT2D eigenvalue weighted by Crippen LogP contribution is 2.44. The Bertz CT molecular complexity index is 944. The van der Waals surface area contributed by atoms with Crippen molar-refractivity contribution in [2.24, 2.45) is 7.05 Å². The van der Waals surface area contributed by atoms with Gasteiger partial charge in [-0.15, -0.1) is 0 Å². The zero-order valence-corrected chi connectivity index (χ0v) is 15.8. The first-order valence-electron chi connectivity index (χ1n) is 9.84. The molecule has 0 saturated carbocycles. The van der Waals surface area contributed by atoms with Crippen molar-refractivity contribution >= 4 is 0 Å². The van der Waals surface area contributed by atoms with Crippen LogP contribution in [0.15, 0.2) is 48.9 Å². The highest BCUT2D eigenvalue weighted by Gasteiger charge is 2.43. The summed E-state index contributed by atoms with van der Waals surface area (Å²) in [5.41, 5.74) is 5.22. The summed E-state index contributed by atoms with van der Waals surface area (Å²) in [5.74, 6) is 0.861. The van der Waals surface area contributed by atoms with Gasteiger partial charge in [0.1, 0.15) is 0 Å². The van der Waals surface area contributed by atoms with Crippen LogP contribution >= 0.6 is 0 Å². The molecular weight excluding hydrogens is 334 g/mol. The van der Waals surface area contributed by atoms with Gasteiger partial charge in [-0.25, -0.2) is 9.97 Å². The number of hydrogen-bond donors (Lipinski definition) is 0. The SMILES string of the molecule is Cn1cc(CN2CCCC3(CCc4cnc(-c5ccccc5)nc43)C2)cn1. The number of likely N-dealkylation sites (tertiary alicyclic amines) is 1. The van der Waals surface area contributed by atoms with Crippen LogP contribution in [0.4, 0.5) is 0 Å². The molecule has 1 aliphatic heterocycles. The van der Waals surface area contributed by atoms with Gasteiger partial charge >= 0.3 is 0 Å². The first-order valence-corrected chi connectivity index (χ1v) is 9.84. The van der Waals surface area contributed by atoms with Gasteiger partial charge in [0.05, 0.1) is 11.9 Å². The third-order valence-corrected chi connectivity index (χ3v) is 6.09. The van der Waals surface area contributed by atoms with Crippen LogP contribution in [-0.4, -0.2) is 37.7 Å². The minimum Gasteiger partial charge on any atom is -0.298 e. The maximum atomic E-state index is 5.09. The van der Waals surface area contributed by atoms with Crippen molar-refractivity contribution < 1.29 is 0 Å². The molecule has 1 fully saturated rings. The second-order valence-corrected chi connectivity index (χ2v) is 8.05. The smallest absolute Gasteiger partial charge is 0.159 e. The molecule has 0 bridgehead atoms. The van der Waals surface area contributed by atoms with Crippen LogP contribution in [-0.2, 0) is 25.4 Å². The summed E-state index contributed by atoms with van der Waals surface area (Å²) in [4.78, 5) is 12.3. The van der Waals surface area contributed by atoms with E-state index in [1.165, 1.54) is 36.1 Å². The Morgan fingerprint density at radius 1 is 1.11 bits per heavy atom. The number of aromatic nitrogens is 4. The van der Waals surface area contributed by atoms with Crippen LogP contribution in [0.25, 0.3) is 11.4 Å². The topological polar surface area (TPSA) is 46.8 Å². The van der Waals surface area contributed by atoms with Crippen molar-refractivity contribution in [1.82, 2.24) is 24.6 Å². The minimum absolute atomic E-state index is 0.183. The second kappa shape index (κ2) is 6.57. The fraction of sp³-hybridized carbons (Fsp3) is 0.409.